The zero-order chi connectivity index (χ0) is 38.0. The van der Waals surface area contributed by atoms with Crippen LogP contribution in [0.2, 0.25) is 0 Å². The number of piperazine rings is 1. The summed E-state index contributed by atoms with van der Waals surface area (Å²) < 4.78 is 20.5. The monoisotopic (exact) mass is 759 g/mol. The molecule has 0 bridgehead atoms. The van der Waals surface area contributed by atoms with Gasteiger partial charge in [-0.3, -0.25) is 28.9 Å². The summed E-state index contributed by atoms with van der Waals surface area (Å²) in [5, 5.41) is 13.6. The van der Waals surface area contributed by atoms with Crippen LogP contribution in [0, 0.1) is 5.82 Å². The van der Waals surface area contributed by atoms with Gasteiger partial charge in [0.25, 0.3) is 17.4 Å². The molecule has 3 N–H and O–H groups in total. The van der Waals surface area contributed by atoms with Gasteiger partial charge < -0.3 is 25.2 Å². The first-order chi connectivity index (χ1) is 26.2. The molecule has 0 unspecified atom stereocenters. The van der Waals surface area contributed by atoms with E-state index in [1.165, 1.54) is 12.1 Å². The Morgan fingerprint density at radius 2 is 1.63 bits per heavy atom. The van der Waals surface area contributed by atoms with Gasteiger partial charge in [0.05, 0.1) is 23.2 Å². The lowest BCUT2D eigenvalue weighted by Crippen LogP contribution is -2.51. The lowest BCUT2D eigenvalue weighted by Gasteiger charge is -2.34. The zero-order valence-electron chi connectivity index (χ0n) is 29.9. The molecule has 0 saturated carbocycles. The first kappa shape index (κ1) is 38.4. The van der Waals surface area contributed by atoms with Crippen molar-refractivity contribution in [2.45, 2.75) is 32.1 Å². The number of aromatic nitrogens is 2. The van der Waals surface area contributed by atoms with Crippen LogP contribution in [0.1, 0.15) is 46.4 Å². The summed E-state index contributed by atoms with van der Waals surface area (Å²) in [4.78, 5) is 67.7. The number of carbonyl (C=O) groups excluding carboxylic acids is 4. The molecule has 0 atom stereocenters. The summed E-state index contributed by atoms with van der Waals surface area (Å²) in [6, 6.07) is 17.0. The van der Waals surface area contributed by atoms with E-state index in [-0.39, 0.29) is 47.9 Å². The van der Waals surface area contributed by atoms with Crippen molar-refractivity contribution in [1.82, 2.24) is 30.6 Å². The van der Waals surface area contributed by atoms with E-state index in [0.29, 0.717) is 92.9 Å². The van der Waals surface area contributed by atoms with E-state index in [1.54, 1.807) is 34.1 Å². The van der Waals surface area contributed by atoms with E-state index in [2.05, 4.69) is 20.8 Å². The van der Waals surface area contributed by atoms with Gasteiger partial charge in [0.2, 0.25) is 11.8 Å². The van der Waals surface area contributed by atoms with Gasteiger partial charge in [0.15, 0.2) is 6.61 Å². The second kappa shape index (κ2) is 18.1. The van der Waals surface area contributed by atoms with Crippen LogP contribution >= 0.6 is 11.6 Å². The summed E-state index contributed by atoms with van der Waals surface area (Å²) in [5.41, 5.74) is 2.81. The number of unbranched alkanes of at least 4 members (excludes halogenated alkanes) is 1. The number of ether oxygens (including phenoxy) is 1. The van der Waals surface area contributed by atoms with Gasteiger partial charge in [-0.05, 0) is 73.2 Å². The maximum Gasteiger partial charge on any atom is 0.272 e. The van der Waals surface area contributed by atoms with Crippen molar-refractivity contribution in [3.05, 3.63) is 99.2 Å². The summed E-state index contributed by atoms with van der Waals surface area (Å²) in [5.74, 6) is -1.05. The molecule has 3 heterocycles. The van der Waals surface area contributed by atoms with Crippen LogP contribution in [0.15, 0.2) is 65.5 Å². The van der Waals surface area contributed by atoms with E-state index < -0.39 is 11.7 Å². The predicted molar refractivity (Wildman–Crippen MR) is 202 cm³/mol. The minimum absolute atomic E-state index is 0.0273. The largest absolute Gasteiger partial charge is 0.484 e. The van der Waals surface area contributed by atoms with Crippen molar-refractivity contribution < 1.29 is 28.3 Å². The van der Waals surface area contributed by atoms with Crippen molar-refractivity contribution in [3.63, 3.8) is 0 Å². The molecule has 2 aliphatic heterocycles. The van der Waals surface area contributed by atoms with Gasteiger partial charge in [-0.15, -0.1) is 11.6 Å². The molecule has 54 heavy (non-hydrogen) atoms. The number of aryl methyl sites for hydroxylation is 1. The standard InChI is InChI=1S/C39H43ClFN7O6/c40-23-37(51)48-15-5-6-27-22-28(10-12-34(27)48)54-25-36(50)43-14-4-3-13-42-35(49)24-46-16-18-47(19-17-46)39(53)31-20-26(9-11-32(31)41)21-33-29-7-1-2-8-30(29)38(52)45-44-33/h1-2,7-12,20,22H,3-6,13-19,21,23-25H2,(H,42,49)(H,43,50)(H,45,52). The minimum atomic E-state index is -0.612. The fourth-order valence-corrected chi connectivity index (χ4v) is 6.93. The summed E-state index contributed by atoms with van der Waals surface area (Å²) in [6.45, 7) is 3.24. The summed E-state index contributed by atoms with van der Waals surface area (Å²) in [6.07, 6.45) is 3.31. The fourth-order valence-electron chi connectivity index (χ4n) is 6.78. The number of fused-ring (bicyclic) bond motifs is 2. The van der Waals surface area contributed by atoms with Crippen LogP contribution in [0.3, 0.4) is 0 Å². The van der Waals surface area contributed by atoms with E-state index in [0.717, 1.165) is 24.1 Å². The lowest BCUT2D eigenvalue weighted by molar-refractivity contribution is -0.123. The SMILES string of the molecule is O=C(COc1ccc2c(c1)CCCN2C(=O)CCl)NCCCCNC(=O)CN1CCN(C(=O)c2cc(Cc3n[nH]c(=O)c4ccccc34)ccc2F)CC1. The van der Waals surface area contributed by atoms with Crippen molar-refractivity contribution in [2.24, 2.45) is 0 Å². The van der Waals surface area contributed by atoms with Gasteiger partial charge in [0, 0.05) is 63.3 Å². The third kappa shape index (κ3) is 9.60. The highest BCUT2D eigenvalue weighted by Gasteiger charge is 2.26. The third-order valence-electron chi connectivity index (χ3n) is 9.64. The second-order valence-corrected chi connectivity index (χ2v) is 13.6. The summed E-state index contributed by atoms with van der Waals surface area (Å²) >= 11 is 5.74. The van der Waals surface area contributed by atoms with Gasteiger partial charge in [-0.25, -0.2) is 9.49 Å². The molecular weight excluding hydrogens is 717 g/mol. The maximum absolute atomic E-state index is 14.9. The molecule has 4 aromatic rings. The number of hydrogen-bond donors (Lipinski definition) is 3. The second-order valence-electron chi connectivity index (χ2n) is 13.4. The number of H-pyrrole nitrogens is 1. The Bertz CT molecular complexity index is 2070. The molecule has 0 spiro atoms. The Balaban J connectivity index is 0.862. The van der Waals surface area contributed by atoms with Crippen molar-refractivity contribution in [1.29, 1.82) is 0 Å². The van der Waals surface area contributed by atoms with Gasteiger partial charge in [-0.1, -0.05) is 24.3 Å². The van der Waals surface area contributed by atoms with E-state index >= 15 is 0 Å². The molecule has 1 saturated heterocycles. The Morgan fingerprint density at radius 3 is 2.39 bits per heavy atom. The highest BCUT2D eigenvalue weighted by molar-refractivity contribution is 6.29. The maximum atomic E-state index is 14.9. The van der Waals surface area contributed by atoms with Crippen LogP contribution in [-0.4, -0.2) is 108 Å². The third-order valence-corrected chi connectivity index (χ3v) is 9.87. The van der Waals surface area contributed by atoms with Crippen LogP contribution in [-0.2, 0) is 27.2 Å². The van der Waals surface area contributed by atoms with Crippen molar-refractivity contribution >= 4 is 51.7 Å². The average molecular weight is 760 g/mol. The van der Waals surface area contributed by atoms with Gasteiger partial charge in [0.1, 0.15) is 17.4 Å². The number of hydrogen-bond acceptors (Lipinski definition) is 8. The molecule has 13 nitrogen and oxygen atoms in total. The molecule has 15 heteroatoms. The lowest BCUT2D eigenvalue weighted by atomic mass is 10.0. The van der Waals surface area contributed by atoms with Gasteiger partial charge in [-0.2, -0.15) is 5.10 Å². The first-order valence-electron chi connectivity index (χ1n) is 18.1. The minimum Gasteiger partial charge on any atom is -0.484 e. The average Bonchev–Trinajstić information content (AvgIpc) is 3.19. The number of alkyl halides is 1. The number of halogens is 2. The van der Waals surface area contributed by atoms with Crippen LogP contribution in [0.5, 0.6) is 5.75 Å². The number of nitrogens with zero attached hydrogens (tertiary/aromatic N) is 4. The topological polar surface area (TPSA) is 157 Å². The number of carbonyl (C=O) groups is 4. The van der Waals surface area contributed by atoms with Crippen LogP contribution < -0.4 is 25.8 Å². The molecule has 0 radical (unpaired) electrons. The number of nitrogens with one attached hydrogen (secondary N) is 3. The fraction of sp³-hybridized carbons (Fsp3) is 0.385. The van der Waals surface area contributed by atoms with E-state index in [1.807, 2.05) is 29.2 Å². The van der Waals surface area contributed by atoms with Crippen molar-refractivity contribution in [3.8, 4) is 5.75 Å². The zero-order valence-corrected chi connectivity index (χ0v) is 30.6. The molecular formula is C39H43ClFN7O6. The molecule has 2 aliphatic rings. The molecule has 0 aliphatic carbocycles. The normalized spacial score (nSPS) is 14.4. The predicted octanol–water partition coefficient (Wildman–Crippen LogP) is 3.02. The Kier molecular flexibility index (Phi) is 12.9. The first-order valence-corrected chi connectivity index (χ1v) is 18.7. The molecule has 1 aromatic heterocycles. The Labute approximate surface area is 316 Å². The molecule has 284 valence electrons. The number of anilines is 1. The van der Waals surface area contributed by atoms with E-state index in [9.17, 15) is 28.4 Å². The number of rotatable bonds is 14. The Morgan fingerprint density at radius 1 is 0.889 bits per heavy atom. The van der Waals surface area contributed by atoms with Crippen LogP contribution in [0.4, 0.5) is 10.1 Å². The highest BCUT2D eigenvalue weighted by Crippen LogP contribution is 2.31. The quantitative estimate of drug-likeness (QED) is 0.131. The van der Waals surface area contributed by atoms with Crippen molar-refractivity contribution in [2.75, 3.05) is 69.7 Å². The number of amides is 4. The molecule has 1 fully saturated rings. The van der Waals surface area contributed by atoms with Gasteiger partial charge >= 0.3 is 0 Å². The molecule has 3 aromatic carbocycles. The number of aromatic amines is 1. The Hall–Kier alpha value is -5.34. The number of benzene rings is 3. The molecule has 6 rings (SSSR count). The summed E-state index contributed by atoms with van der Waals surface area (Å²) in [7, 11) is 0. The highest BCUT2D eigenvalue weighted by atomic mass is 35.5. The molecule has 4 amide bonds. The smallest absolute Gasteiger partial charge is 0.272 e. The van der Waals surface area contributed by atoms with Crippen LogP contribution in [0.25, 0.3) is 10.8 Å². The van der Waals surface area contributed by atoms with E-state index in [4.69, 9.17) is 16.3 Å².